The first kappa shape index (κ1) is 9.47. The predicted molar refractivity (Wildman–Crippen MR) is 52.7 cm³/mol. The van der Waals surface area contributed by atoms with Gasteiger partial charge in [0.1, 0.15) is 11.3 Å². The van der Waals surface area contributed by atoms with Crippen molar-refractivity contribution in [2.75, 3.05) is 6.61 Å². The summed E-state index contributed by atoms with van der Waals surface area (Å²) in [6, 6.07) is 2.42. The highest BCUT2D eigenvalue weighted by molar-refractivity contribution is 5.89. The van der Waals surface area contributed by atoms with Crippen molar-refractivity contribution in [3.63, 3.8) is 0 Å². The van der Waals surface area contributed by atoms with Crippen LogP contribution in [0.2, 0.25) is 0 Å². The van der Waals surface area contributed by atoms with E-state index in [2.05, 4.69) is 11.1 Å². The van der Waals surface area contributed by atoms with E-state index in [4.69, 9.17) is 15.7 Å². The van der Waals surface area contributed by atoms with Gasteiger partial charge < -0.3 is 10.5 Å². The lowest BCUT2D eigenvalue weighted by molar-refractivity contribution is 0.0998. The molecule has 2 N–H and O–H groups in total. The molecule has 4 atom stereocenters. The van der Waals surface area contributed by atoms with E-state index in [1.54, 1.807) is 0 Å². The van der Waals surface area contributed by atoms with Crippen molar-refractivity contribution >= 4 is 5.84 Å². The molecule has 1 fully saturated rings. The molecule has 0 aliphatic carbocycles. The number of nitriles is 1. The van der Waals surface area contributed by atoms with Gasteiger partial charge in [-0.15, -0.1) is 0 Å². The van der Waals surface area contributed by atoms with E-state index in [0.717, 1.165) is 6.42 Å². The van der Waals surface area contributed by atoms with E-state index in [1.165, 1.54) is 0 Å². The van der Waals surface area contributed by atoms with Crippen LogP contribution in [0, 0.1) is 22.7 Å². The minimum Gasteiger partial charge on any atom is -0.386 e. The molecule has 4 heteroatoms. The van der Waals surface area contributed by atoms with Crippen LogP contribution >= 0.6 is 0 Å². The number of aliphatic imine (C=N–C) groups is 1. The fourth-order valence-electron chi connectivity index (χ4n) is 2.25. The lowest BCUT2D eigenvalue weighted by atomic mass is 9.75. The Labute approximate surface area is 83.8 Å². The second kappa shape index (κ2) is 2.96. The third kappa shape index (κ3) is 1.20. The summed E-state index contributed by atoms with van der Waals surface area (Å²) in [5.41, 5.74) is 5.20. The van der Waals surface area contributed by atoms with Gasteiger partial charge in [0.2, 0.25) is 0 Å². The van der Waals surface area contributed by atoms with Gasteiger partial charge in [0, 0.05) is 5.92 Å². The molecule has 0 saturated carbocycles. The minimum atomic E-state index is -0.594. The van der Waals surface area contributed by atoms with Gasteiger partial charge in [-0.3, -0.25) is 4.99 Å². The molecule has 0 aromatic rings. The summed E-state index contributed by atoms with van der Waals surface area (Å²) in [6.45, 7) is 4.54. The van der Waals surface area contributed by atoms with E-state index in [1.807, 2.05) is 13.8 Å². The van der Waals surface area contributed by atoms with Gasteiger partial charge in [0.25, 0.3) is 0 Å². The van der Waals surface area contributed by atoms with Crippen LogP contribution in [-0.2, 0) is 4.74 Å². The molecule has 2 unspecified atom stereocenters. The first-order valence-electron chi connectivity index (χ1n) is 4.93. The predicted octanol–water partition coefficient (Wildman–Crippen LogP) is 0.681. The molecule has 14 heavy (non-hydrogen) atoms. The number of amidine groups is 1. The summed E-state index contributed by atoms with van der Waals surface area (Å²) in [5, 5.41) is 9.08. The van der Waals surface area contributed by atoms with Gasteiger partial charge >= 0.3 is 0 Å². The zero-order valence-electron chi connectivity index (χ0n) is 8.53. The van der Waals surface area contributed by atoms with Crippen LogP contribution in [0.15, 0.2) is 4.99 Å². The Morgan fingerprint density at radius 3 is 3.07 bits per heavy atom. The largest absolute Gasteiger partial charge is 0.386 e. The summed E-state index contributed by atoms with van der Waals surface area (Å²) in [6.07, 6.45) is 0.967. The summed E-state index contributed by atoms with van der Waals surface area (Å²) < 4.78 is 5.51. The van der Waals surface area contributed by atoms with Gasteiger partial charge in [-0.05, 0) is 20.3 Å². The van der Waals surface area contributed by atoms with Crippen molar-refractivity contribution in [2.24, 2.45) is 22.1 Å². The standard InChI is InChI=1S/C10H15N3O/c1-6-7-3-10(2,5-11)9(12)13-8(7)4-14-6/h6-8H,3-4H2,1-2H3,(H2,12,13)/t6-,7?,8?,10+/m0/s1. The number of hydrogen-bond donors (Lipinski definition) is 1. The number of nitrogens with zero attached hydrogens (tertiary/aromatic N) is 2. The molecule has 76 valence electrons. The van der Waals surface area contributed by atoms with Crippen LogP contribution in [0.3, 0.4) is 0 Å². The highest BCUT2D eigenvalue weighted by Gasteiger charge is 2.45. The molecular formula is C10H15N3O. The fraction of sp³-hybridized carbons (Fsp3) is 0.800. The lowest BCUT2D eigenvalue weighted by Crippen LogP contribution is -2.43. The summed E-state index contributed by atoms with van der Waals surface area (Å²) in [7, 11) is 0. The van der Waals surface area contributed by atoms with Gasteiger partial charge in [-0.25, -0.2) is 0 Å². The Balaban J connectivity index is 2.31. The molecule has 4 nitrogen and oxygen atoms in total. The van der Waals surface area contributed by atoms with Crippen LogP contribution < -0.4 is 5.73 Å². The maximum atomic E-state index is 9.08. The smallest absolute Gasteiger partial charge is 0.114 e. The Kier molecular flexibility index (Phi) is 2.00. The average Bonchev–Trinajstić information content (AvgIpc) is 2.49. The number of hydrogen-bond acceptors (Lipinski definition) is 4. The van der Waals surface area contributed by atoms with Crippen LogP contribution in [-0.4, -0.2) is 24.6 Å². The molecule has 2 aliphatic heterocycles. The average molecular weight is 193 g/mol. The number of rotatable bonds is 0. The molecule has 2 rings (SSSR count). The normalized spacial score (nSPS) is 46.6. The van der Waals surface area contributed by atoms with Gasteiger partial charge in [0.05, 0.1) is 24.8 Å². The van der Waals surface area contributed by atoms with E-state index in [-0.39, 0.29) is 12.1 Å². The SMILES string of the molecule is C[C@@H]1OCC2N=C(N)[C@@](C)(C#N)CC21. The molecule has 1 saturated heterocycles. The Morgan fingerprint density at radius 2 is 2.43 bits per heavy atom. The third-order valence-corrected chi connectivity index (χ3v) is 3.39. The van der Waals surface area contributed by atoms with Crippen molar-refractivity contribution in [1.82, 2.24) is 0 Å². The molecule has 0 aromatic heterocycles. The van der Waals surface area contributed by atoms with Gasteiger partial charge in [-0.2, -0.15) is 5.26 Å². The summed E-state index contributed by atoms with van der Waals surface area (Å²) in [4.78, 5) is 4.37. The lowest BCUT2D eigenvalue weighted by Gasteiger charge is -2.32. The molecule has 2 aliphatic rings. The molecule has 0 amide bonds. The summed E-state index contributed by atoms with van der Waals surface area (Å²) >= 11 is 0. The Morgan fingerprint density at radius 1 is 1.71 bits per heavy atom. The fourth-order valence-corrected chi connectivity index (χ4v) is 2.25. The maximum absolute atomic E-state index is 9.08. The number of fused-ring (bicyclic) bond motifs is 1. The Bertz CT molecular complexity index is 320. The highest BCUT2D eigenvalue weighted by Crippen LogP contribution is 2.39. The Hall–Kier alpha value is -1.08. The maximum Gasteiger partial charge on any atom is 0.114 e. The minimum absolute atomic E-state index is 0.173. The molecule has 0 spiro atoms. The number of nitrogens with two attached hydrogens (primary N) is 1. The van der Waals surface area contributed by atoms with Gasteiger partial charge in [0.15, 0.2) is 0 Å². The quantitative estimate of drug-likeness (QED) is 0.615. The summed E-state index contributed by atoms with van der Waals surface area (Å²) in [5.74, 6) is 0.825. The first-order chi connectivity index (χ1) is 6.57. The number of ether oxygens (including phenoxy) is 1. The van der Waals surface area contributed by atoms with E-state index in [0.29, 0.717) is 18.4 Å². The molecular weight excluding hydrogens is 178 g/mol. The van der Waals surface area contributed by atoms with Crippen LogP contribution in [0.5, 0.6) is 0 Å². The monoisotopic (exact) mass is 193 g/mol. The van der Waals surface area contributed by atoms with E-state index >= 15 is 0 Å². The molecule has 0 bridgehead atoms. The zero-order valence-corrected chi connectivity index (χ0v) is 8.53. The molecule has 2 heterocycles. The van der Waals surface area contributed by atoms with Crippen molar-refractivity contribution in [1.29, 1.82) is 5.26 Å². The van der Waals surface area contributed by atoms with Crippen molar-refractivity contribution in [2.45, 2.75) is 32.4 Å². The van der Waals surface area contributed by atoms with Crippen LogP contribution in [0.25, 0.3) is 0 Å². The second-order valence-electron chi connectivity index (χ2n) is 4.43. The van der Waals surface area contributed by atoms with Crippen LogP contribution in [0.1, 0.15) is 20.3 Å². The highest BCUT2D eigenvalue weighted by atomic mass is 16.5. The zero-order chi connectivity index (χ0) is 10.3. The van der Waals surface area contributed by atoms with Crippen LogP contribution in [0.4, 0.5) is 0 Å². The van der Waals surface area contributed by atoms with Crippen molar-refractivity contribution in [3.05, 3.63) is 0 Å². The molecule has 0 radical (unpaired) electrons. The van der Waals surface area contributed by atoms with Crippen molar-refractivity contribution in [3.8, 4) is 6.07 Å². The third-order valence-electron chi connectivity index (χ3n) is 3.39. The van der Waals surface area contributed by atoms with Gasteiger partial charge in [-0.1, -0.05) is 0 Å². The first-order valence-corrected chi connectivity index (χ1v) is 4.93. The van der Waals surface area contributed by atoms with E-state index < -0.39 is 5.41 Å². The molecule has 0 aromatic carbocycles. The van der Waals surface area contributed by atoms with E-state index in [9.17, 15) is 0 Å². The second-order valence-corrected chi connectivity index (χ2v) is 4.43. The van der Waals surface area contributed by atoms with Crippen molar-refractivity contribution < 1.29 is 4.74 Å². The topological polar surface area (TPSA) is 71.4 Å².